The fraction of sp³-hybridized carbons (Fsp3) is 0.357. The van der Waals surface area contributed by atoms with Gasteiger partial charge in [0.15, 0.2) is 0 Å². The molecule has 0 bridgehead atoms. The minimum atomic E-state index is -0.322. The molecule has 0 amide bonds. The molecule has 0 saturated heterocycles. The van der Waals surface area contributed by atoms with Crippen molar-refractivity contribution in [2.24, 2.45) is 11.7 Å². The van der Waals surface area contributed by atoms with Gasteiger partial charge in [0.1, 0.15) is 11.3 Å². The lowest BCUT2D eigenvalue weighted by Crippen LogP contribution is -2.13. The van der Waals surface area contributed by atoms with E-state index in [0.29, 0.717) is 28.4 Å². The number of aryl methyl sites for hydroxylation is 1. The molecular formula is C14H16ClFN2. The summed E-state index contributed by atoms with van der Waals surface area (Å²) in [6.07, 6.45) is 0.744. The van der Waals surface area contributed by atoms with Crippen molar-refractivity contribution in [3.05, 3.63) is 40.3 Å². The third-order valence-electron chi connectivity index (χ3n) is 2.99. The lowest BCUT2D eigenvalue weighted by Gasteiger charge is -2.10. The maximum absolute atomic E-state index is 14.0. The topological polar surface area (TPSA) is 38.9 Å². The smallest absolute Gasteiger partial charge is 0.149 e. The van der Waals surface area contributed by atoms with Crippen molar-refractivity contribution in [3.8, 4) is 0 Å². The van der Waals surface area contributed by atoms with Gasteiger partial charge >= 0.3 is 0 Å². The zero-order valence-electron chi connectivity index (χ0n) is 10.5. The predicted octanol–water partition coefficient (Wildman–Crippen LogP) is 3.47. The number of rotatable bonds is 3. The van der Waals surface area contributed by atoms with Crippen molar-refractivity contribution in [3.63, 3.8) is 0 Å². The second-order valence-corrected chi connectivity index (χ2v) is 5.17. The molecule has 0 fully saturated rings. The largest absolute Gasteiger partial charge is 0.330 e. The number of nitrogens with two attached hydrogens (primary N) is 1. The molecule has 1 atom stereocenters. The van der Waals surface area contributed by atoms with Crippen LogP contribution in [-0.2, 0) is 6.42 Å². The van der Waals surface area contributed by atoms with E-state index in [4.69, 9.17) is 17.3 Å². The van der Waals surface area contributed by atoms with Gasteiger partial charge in [0.25, 0.3) is 0 Å². The van der Waals surface area contributed by atoms with E-state index in [1.807, 2.05) is 13.0 Å². The summed E-state index contributed by atoms with van der Waals surface area (Å²) in [6.45, 7) is 4.42. The van der Waals surface area contributed by atoms with Gasteiger partial charge in [0, 0.05) is 11.1 Å². The van der Waals surface area contributed by atoms with Crippen LogP contribution in [-0.4, -0.2) is 11.5 Å². The Morgan fingerprint density at radius 1 is 1.39 bits per heavy atom. The van der Waals surface area contributed by atoms with E-state index < -0.39 is 0 Å². The van der Waals surface area contributed by atoms with Crippen LogP contribution in [0, 0.1) is 18.7 Å². The molecule has 2 N–H and O–H groups in total. The van der Waals surface area contributed by atoms with Crippen molar-refractivity contribution in [1.29, 1.82) is 0 Å². The molecule has 2 aromatic rings. The molecule has 2 rings (SSSR count). The number of halogens is 2. The number of pyridine rings is 1. The van der Waals surface area contributed by atoms with Crippen LogP contribution in [0.2, 0.25) is 5.02 Å². The van der Waals surface area contributed by atoms with Gasteiger partial charge in [0.05, 0.1) is 5.02 Å². The summed E-state index contributed by atoms with van der Waals surface area (Å²) < 4.78 is 14.0. The molecule has 0 spiro atoms. The Hall–Kier alpha value is -1.19. The zero-order chi connectivity index (χ0) is 13.3. The molecule has 0 radical (unpaired) electrons. The first-order valence-electron chi connectivity index (χ1n) is 5.96. The Labute approximate surface area is 111 Å². The van der Waals surface area contributed by atoms with E-state index in [9.17, 15) is 4.39 Å². The summed E-state index contributed by atoms with van der Waals surface area (Å²) >= 11 is 6.15. The van der Waals surface area contributed by atoms with Gasteiger partial charge in [-0.05, 0) is 49.6 Å². The lowest BCUT2D eigenvalue weighted by molar-refractivity contribution is 0.586. The fourth-order valence-corrected chi connectivity index (χ4v) is 2.33. The molecule has 1 heterocycles. The minimum absolute atomic E-state index is 0.319. The van der Waals surface area contributed by atoms with Gasteiger partial charge in [-0.2, -0.15) is 0 Å². The monoisotopic (exact) mass is 266 g/mol. The second-order valence-electron chi connectivity index (χ2n) is 4.76. The highest BCUT2D eigenvalue weighted by molar-refractivity contribution is 6.35. The van der Waals surface area contributed by atoms with E-state index in [-0.39, 0.29) is 5.82 Å². The molecule has 1 aromatic heterocycles. The van der Waals surface area contributed by atoms with Gasteiger partial charge in [0.2, 0.25) is 0 Å². The van der Waals surface area contributed by atoms with Crippen LogP contribution in [0.3, 0.4) is 0 Å². The van der Waals surface area contributed by atoms with E-state index in [1.54, 1.807) is 13.0 Å². The van der Waals surface area contributed by atoms with Crippen LogP contribution in [0.1, 0.15) is 18.2 Å². The van der Waals surface area contributed by atoms with Crippen LogP contribution in [0.25, 0.3) is 10.9 Å². The Balaban J connectivity index is 2.54. The van der Waals surface area contributed by atoms with Crippen molar-refractivity contribution in [2.45, 2.75) is 20.3 Å². The van der Waals surface area contributed by atoms with Crippen molar-refractivity contribution < 1.29 is 4.39 Å². The van der Waals surface area contributed by atoms with Crippen LogP contribution >= 0.6 is 11.6 Å². The van der Waals surface area contributed by atoms with Gasteiger partial charge in [-0.15, -0.1) is 0 Å². The Morgan fingerprint density at radius 3 is 2.78 bits per heavy atom. The SMILES string of the molecule is Cc1cc(Cl)c2cc(CC(C)CN)cc(F)c2n1. The quantitative estimate of drug-likeness (QED) is 0.924. The van der Waals surface area contributed by atoms with E-state index in [1.165, 1.54) is 6.07 Å². The van der Waals surface area contributed by atoms with Crippen molar-refractivity contribution in [2.75, 3.05) is 6.54 Å². The first-order chi connectivity index (χ1) is 8.51. The number of aromatic nitrogens is 1. The second kappa shape index (κ2) is 5.21. The first kappa shape index (κ1) is 13.2. The van der Waals surface area contributed by atoms with Crippen molar-refractivity contribution >= 4 is 22.5 Å². The summed E-state index contributed by atoms with van der Waals surface area (Å²) in [5.41, 5.74) is 7.55. The fourth-order valence-electron chi connectivity index (χ4n) is 2.02. The molecule has 2 nitrogen and oxygen atoms in total. The van der Waals surface area contributed by atoms with E-state index in [2.05, 4.69) is 4.98 Å². The van der Waals surface area contributed by atoms with Crippen LogP contribution in [0.5, 0.6) is 0 Å². The Morgan fingerprint density at radius 2 is 2.11 bits per heavy atom. The molecule has 1 aromatic carbocycles. The third-order valence-corrected chi connectivity index (χ3v) is 3.30. The number of nitrogens with zero attached hydrogens (tertiary/aromatic N) is 1. The molecule has 0 aliphatic rings. The summed E-state index contributed by atoms with van der Waals surface area (Å²) in [6, 6.07) is 5.18. The maximum Gasteiger partial charge on any atom is 0.149 e. The zero-order valence-corrected chi connectivity index (χ0v) is 11.3. The molecular weight excluding hydrogens is 251 g/mol. The Kier molecular flexibility index (Phi) is 3.83. The summed E-state index contributed by atoms with van der Waals surface area (Å²) in [5, 5.41) is 1.21. The summed E-state index contributed by atoms with van der Waals surface area (Å²) in [7, 11) is 0. The average molecular weight is 267 g/mol. The van der Waals surface area contributed by atoms with E-state index >= 15 is 0 Å². The highest BCUT2D eigenvalue weighted by Crippen LogP contribution is 2.27. The molecule has 0 aliphatic carbocycles. The molecule has 4 heteroatoms. The Bertz CT molecular complexity index is 584. The minimum Gasteiger partial charge on any atom is -0.330 e. The normalized spacial score (nSPS) is 12.9. The van der Waals surface area contributed by atoms with Crippen LogP contribution < -0.4 is 5.73 Å². The predicted molar refractivity (Wildman–Crippen MR) is 73.4 cm³/mol. The lowest BCUT2D eigenvalue weighted by atomic mass is 9.99. The molecule has 0 saturated carbocycles. The van der Waals surface area contributed by atoms with Crippen LogP contribution in [0.4, 0.5) is 4.39 Å². The number of hydrogen-bond donors (Lipinski definition) is 1. The van der Waals surface area contributed by atoms with Crippen LogP contribution in [0.15, 0.2) is 18.2 Å². The summed E-state index contributed by atoms with van der Waals surface area (Å²) in [4.78, 5) is 4.19. The number of hydrogen-bond acceptors (Lipinski definition) is 2. The maximum atomic E-state index is 14.0. The van der Waals surface area contributed by atoms with E-state index in [0.717, 1.165) is 17.7 Å². The summed E-state index contributed by atoms with van der Waals surface area (Å²) in [5.74, 6) is -0.00338. The molecule has 18 heavy (non-hydrogen) atoms. The van der Waals surface area contributed by atoms with Gasteiger partial charge in [-0.1, -0.05) is 18.5 Å². The first-order valence-corrected chi connectivity index (χ1v) is 6.34. The van der Waals surface area contributed by atoms with Gasteiger partial charge in [-0.25, -0.2) is 9.37 Å². The van der Waals surface area contributed by atoms with Gasteiger partial charge < -0.3 is 5.73 Å². The third kappa shape index (κ3) is 2.62. The molecule has 96 valence electrons. The average Bonchev–Trinajstić information content (AvgIpc) is 2.30. The standard InChI is InChI=1S/C14H16ClFN2/c1-8(7-17)3-10-5-11-12(15)4-9(2)18-14(11)13(16)6-10/h4-6,8H,3,7,17H2,1-2H3. The van der Waals surface area contributed by atoms with Crippen molar-refractivity contribution in [1.82, 2.24) is 4.98 Å². The molecule has 1 unspecified atom stereocenters. The highest BCUT2D eigenvalue weighted by atomic mass is 35.5. The number of fused-ring (bicyclic) bond motifs is 1. The highest BCUT2D eigenvalue weighted by Gasteiger charge is 2.11. The molecule has 0 aliphatic heterocycles. The van der Waals surface area contributed by atoms with Gasteiger partial charge in [-0.3, -0.25) is 0 Å². The number of benzene rings is 1.